The third kappa shape index (κ3) is 4.81. The van der Waals surface area contributed by atoms with Crippen LogP contribution in [0.25, 0.3) is 11.5 Å². The van der Waals surface area contributed by atoms with Crippen molar-refractivity contribution in [2.75, 3.05) is 44.2 Å². The second-order valence-corrected chi connectivity index (χ2v) is 8.73. The fourth-order valence-electron chi connectivity index (χ4n) is 4.70. The van der Waals surface area contributed by atoms with Crippen LogP contribution in [0, 0.1) is 0 Å². The number of hydrogen-bond acceptors (Lipinski definition) is 5. The number of nitrogens with one attached hydrogen (secondary N) is 1. The van der Waals surface area contributed by atoms with Crippen LogP contribution >= 0.6 is 0 Å². The standard InChI is InChI=1S/C23H36N6/c1-4-19-17-24-23(25-19)21-7-5-8-22(26-21)29-12-6-11-28(15-16-29)20-9-13-27(14-10-20)18(2)3/h5,7-8,17-18,20H,4,6,9-16H2,1-3H3,(H,24,25). The van der Waals surface area contributed by atoms with Crippen molar-refractivity contribution in [2.45, 2.75) is 58.5 Å². The lowest BCUT2D eigenvalue weighted by Gasteiger charge is -2.39. The average molecular weight is 397 g/mol. The first-order chi connectivity index (χ1) is 14.1. The molecule has 0 aromatic carbocycles. The van der Waals surface area contributed by atoms with Crippen molar-refractivity contribution in [3.05, 3.63) is 30.1 Å². The van der Waals surface area contributed by atoms with Gasteiger partial charge in [0.05, 0.1) is 0 Å². The minimum atomic E-state index is 0.677. The van der Waals surface area contributed by atoms with E-state index < -0.39 is 0 Å². The van der Waals surface area contributed by atoms with Gasteiger partial charge in [-0.25, -0.2) is 9.97 Å². The summed E-state index contributed by atoms with van der Waals surface area (Å²) in [5.41, 5.74) is 2.09. The first-order valence-electron chi connectivity index (χ1n) is 11.4. The largest absolute Gasteiger partial charge is 0.355 e. The lowest BCUT2D eigenvalue weighted by molar-refractivity contribution is 0.0965. The van der Waals surface area contributed by atoms with E-state index in [4.69, 9.17) is 4.98 Å². The molecule has 2 fully saturated rings. The lowest BCUT2D eigenvalue weighted by Crippen LogP contribution is -2.47. The fraction of sp³-hybridized carbons (Fsp3) is 0.652. The predicted molar refractivity (Wildman–Crippen MR) is 119 cm³/mol. The molecule has 158 valence electrons. The minimum Gasteiger partial charge on any atom is -0.355 e. The zero-order chi connectivity index (χ0) is 20.2. The van der Waals surface area contributed by atoms with E-state index in [1.165, 1.54) is 38.9 Å². The molecule has 0 amide bonds. The van der Waals surface area contributed by atoms with Crippen molar-refractivity contribution in [3.63, 3.8) is 0 Å². The highest BCUT2D eigenvalue weighted by Crippen LogP contribution is 2.23. The highest BCUT2D eigenvalue weighted by molar-refractivity contribution is 5.54. The number of likely N-dealkylation sites (tertiary alicyclic amines) is 1. The van der Waals surface area contributed by atoms with Crippen LogP contribution in [0.5, 0.6) is 0 Å². The molecule has 6 nitrogen and oxygen atoms in total. The summed E-state index contributed by atoms with van der Waals surface area (Å²) in [7, 11) is 0. The molecular formula is C23H36N6. The highest BCUT2D eigenvalue weighted by Gasteiger charge is 2.27. The second kappa shape index (κ2) is 9.26. The fourth-order valence-corrected chi connectivity index (χ4v) is 4.70. The maximum absolute atomic E-state index is 4.93. The topological polar surface area (TPSA) is 51.3 Å². The van der Waals surface area contributed by atoms with Gasteiger partial charge in [-0.15, -0.1) is 0 Å². The predicted octanol–water partition coefficient (Wildman–Crippen LogP) is 3.42. The smallest absolute Gasteiger partial charge is 0.156 e. The summed E-state index contributed by atoms with van der Waals surface area (Å²) < 4.78 is 0. The Balaban J connectivity index is 1.38. The van der Waals surface area contributed by atoms with Gasteiger partial charge in [0.2, 0.25) is 0 Å². The number of nitrogens with zero attached hydrogens (tertiary/aromatic N) is 5. The summed E-state index contributed by atoms with van der Waals surface area (Å²) in [6.45, 7) is 13.7. The number of piperidine rings is 1. The first kappa shape index (κ1) is 20.4. The van der Waals surface area contributed by atoms with Gasteiger partial charge in [-0.2, -0.15) is 0 Å². The quantitative estimate of drug-likeness (QED) is 0.839. The molecule has 2 aliphatic rings. The number of H-pyrrole nitrogens is 1. The normalized spacial score (nSPS) is 20.3. The Morgan fingerprint density at radius 1 is 1.07 bits per heavy atom. The second-order valence-electron chi connectivity index (χ2n) is 8.73. The number of anilines is 1. The molecule has 0 radical (unpaired) electrons. The molecule has 0 spiro atoms. The van der Waals surface area contributed by atoms with Crippen molar-refractivity contribution in [2.24, 2.45) is 0 Å². The number of rotatable bonds is 5. The third-order valence-electron chi connectivity index (χ3n) is 6.59. The van der Waals surface area contributed by atoms with Gasteiger partial charge in [-0.3, -0.25) is 4.90 Å². The average Bonchev–Trinajstić information content (AvgIpc) is 3.11. The Morgan fingerprint density at radius 3 is 2.62 bits per heavy atom. The van der Waals surface area contributed by atoms with Crippen molar-refractivity contribution in [1.82, 2.24) is 24.8 Å². The Labute approximate surface area is 175 Å². The number of aryl methyl sites for hydroxylation is 1. The highest BCUT2D eigenvalue weighted by atomic mass is 15.3. The summed E-state index contributed by atoms with van der Waals surface area (Å²) in [5.74, 6) is 1.95. The molecule has 0 aliphatic carbocycles. The van der Waals surface area contributed by atoms with E-state index in [1.54, 1.807) is 0 Å². The molecule has 4 rings (SSSR count). The van der Waals surface area contributed by atoms with E-state index in [1.807, 2.05) is 6.20 Å². The molecular weight excluding hydrogens is 360 g/mol. The molecule has 0 bridgehead atoms. The summed E-state index contributed by atoms with van der Waals surface area (Å²) in [6.07, 6.45) is 6.70. The van der Waals surface area contributed by atoms with Crippen LogP contribution in [0.3, 0.4) is 0 Å². The lowest BCUT2D eigenvalue weighted by atomic mass is 10.0. The summed E-state index contributed by atoms with van der Waals surface area (Å²) in [5, 5.41) is 0. The van der Waals surface area contributed by atoms with E-state index >= 15 is 0 Å². The SMILES string of the molecule is CCc1cnc(-c2cccc(N3CCCN(C4CCN(C(C)C)CC4)CC3)n2)[nH]1. The number of pyridine rings is 1. The molecule has 6 heteroatoms. The maximum atomic E-state index is 4.93. The zero-order valence-electron chi connectivity index (χ0n) is 18.3. The van der Waals surface area contributed by atoms with Gasteiger partial charge >= 0.3 is 0 Å². The van der Waals surface area contributed by atoms with Crippen LogP contribution in [-0.2, 0) is 6.42 Å². The number of imidazole rings is 1. The third-order valence-corrected chi connectivity index (χ3v) is 6.59. The molecule has 2 aromatic heterocycles. The molecule has 29 heavy (non-hydrogen) atoms. The molecule has 2 aliphatic heterocycles. The number of hydrogen-bond donors (Lipinski definition) is 1. The van der Waals surface area contributed by atoms with Crippen molar-refractivity contribution in [3.8, 4) is 11.5 Å². The van der Waals surface area contributed by atoms with Gasteiger partial charge in [0.1, 0.15) is 11.5 Å². The van der Waals surface area contributed by atoms with Crippen LogP contribution < -0.4 is 4.90 Å². The Morgan fingerprint density at radius 2 is 1.90 bits per heavy atom. The van der Waals surface area contributed by atoms with Crippen molar-refractivity contribution >= 4 is 5.82 Å². The Hall–Kier alpha value is -1.92. The van der Waals surface area contributed by atoms with Gasteiger partial charge in [0.25, 0.3) is 0 Å². The van der Waals surface area contributed by atoms with Crippen molar-refractivity contribution in [1.29, 1.82) is 0 Å². The van der Waals surface area contributed by atoms with E-state index in [2.05, 4.69) is 63.6 Å². The van der Waals surface area contributed by atoms with E-state index in [-0.39, 0.29) is 0 Å². The molecule has 0 unspecified atom stereocenters. The molecule has 1 N–H and O–H groups in total. The monoisotopic (exact) mass is 396 g/mol. The van der Waals surface area contributed by atoms with Gasteiger partial charge in [0.15, 0.2) is 5.82 Å². The summed E-state index contributed by atoms with van der Waals surface area (Å²) in [6, 6.07) is 7.73. The van der Waals surface area contributed by atoms with Crippen LogP contribution in [-0.4, -0.2) is 76.1 Å². The summed E-state index contributed by atoms with van der Waals surface area (Å²) in [4.78, 5) is 20.6. The maximum Gasteiger partial charge on any atom is 0.156 e. The summed E-state index contributed by atoms with van der Waals surface area (Å²) >= 11 is 0. The van der Waals surface area contributed by atoms with Crippen LogP contribution in [0.1, 0.15) is 45.7 Å². The van der Waals surface area contributed by atoms with Gasteiger partial charge < -0.3 is 14.8 Å². The molecule has 0 atom stereocenters. The van der Waals surface area contributed by atoms with Gasteiger partial charge in [-0.1, -0.05) is 13.0 Å². The number of aromatic amines is 1. The van der Waals surface area contributed by atoms with Gasteiger partial charge in [-0.05, 0) is 64.8 Å². The van der Waals surface area contributed by atoms with Crippen LogP contribution in [0.15, 0.2) is 24.4 Å². The number of aromatic nitrogens is 3. The first-order valence-corrected chi connectivity index (χ1v) is 11.4. The van der Waals surface area contributed by atoms with E-state index in [0.29, 0.717) is 6.04 Å². The molecule has 2 saturated heterocycles. The molecule has 4 heterocycles. The van der Waals surface area contributed by atoms with E-state index in [9.17, 15) is 0 Å². The zero-order valence-corrected chi connectivity index (χ0v) is 18.3. The van der Waals surface area contributed by atoms with E-state index in [0.717, 1.165) is 55.1 Å². The van der Waals surface area contributed by atoms with Gasteiger partial charge in [0, 0.05) is 50.2 Å². The Kier molecular flexibility index (Phi) is 6.50. The molecule has 0 saturated carbocycles. The van der Waals surface area contributed by atoms with Crippen LogP contribution in [0.4, 0.5) is 5.82 Å². The van der Waals surface area contributed by atoms with Crippen molar-refractivity contribution < 1.29 is 0 Å². The minimum absolute atomic E-state index is 0.677. The van der Waals surface area contributed by atoms with Crippen LogP contribution in [0.2, 0.25) is 0 Å². The molecule has 2 aromatic rings. The Bertz CT molecular complexity index is 777.